The molecular formula is C24H28ClF3N2O. The van der Waals surface area contributed by atoms with Crippen LogP contribution >= 0.6 is 12.4 Å². The molecule has 168 valence electrons. The van der Waals surface area contributed by atoms with Gasteiger partial charge in [0.1, 0.15) is 0 Å². The van der Waals surface area contributed by atoms with Gasteiger partial charge in [-0.15, -0.1) is 12.4 Å². The molecule has 0 N–H and O–H groups in total. The molecule has 0 spiro atoms. The van der Waals surface area contributed by atoms with Gasteiger partial charge in [0.15, 0.2) is 0 Å². The lowest BCUT2D eigenvalue weighted by Gasteiger charge is -2.28. The topological polar surface area (TPSA) is 23.6 Å². The maximum absolute atomic E-state index is 12.8. The van der Waals surface area contributed by atoms with Crippen molar-refractivity contribution < 1.29 is 18.0 Å². The molecule has 1 amide bonds. The molecule has 2 aliphatic rings. The van der Waals surface area contributed by atoms with E-state index in [1.54, 1.807) is 0 Å². The molecule has 0 bridgehead atoms. The molecule has 2 aliphatic heterocycles. The van der Waals surface area contributed by atoms with E-state index in [4.69, 9.17) is 0 Å². The lowest BCUT2D eigenvalue weighted by molar-refractivity contribution is -0.137. The number of alkyl halides is 3. The van der Waals surface area contributed by atoms with E-state index in [-0.39, 0.29) is 30.3 Å². The molecule has 2 heterocycles. The van der Waals surface area contributed by atoms with Gasteiger partial charge in [-0.05, 0) is 61.2 Å². The standard InChI is InChI=1S/C24H27F3N2O.ClH/c1-28-22(15-20(23(28)30)16-29-13-3-2-4-14-29)19-7-5-17(6-8-19)18-9-11-21(12-10-18)24(25,26)27;/h5-12,20,22H,2-4,13-16H2,1H3;1H/t20-,22+;/m1./s1. The highest BCUT2D eigenvalue weighted by molar-refractivity contribution is 5.85. The van der Waals surface area contributed by atoms with Gasteiger partial charge in [0, 0.05) is 13.6 Å². The van der Waals surface area contributed by atoms with Gasteiger partial charge in [-0.25, -0.2) is 0 Å². The molecule has 2 fully saturated rings. The Balaban J connectivity index is 0.00000272. The molecule has 2 atom stereocenters. The van der Waals surface area contributed by atoms with Gasteiger partial charge < -0.3 is 9.80 Å². The SMILES string of the molecule is CN1C(=O)[C@@H](CN2CCCCC2)C[C@H]1c1ccc(-c2ccc(C(F)(F)F)cc2)cc1.Cl. The molecule has 0 aromatic heterocycles. The van der Waals surface area contributed by atoms with Crippen LogP contribution in [0.2, 0.25) is 0 Å². The van der Waals surface area contributed by atoms with Crippen LogP contribution in [0.4, 0.5) is 13.2 Å². The Hall–Kier alpha value is -2.05. The van der Waals surface area contributed by atoms with Crippen LogP contribution in [0.3, 0.4) is 0 Å². The Morgan fingerprint density at radius 2 is 1.45 bits per heavy atom. The minimum atomic E-state index is -4.33. The van der Waals surface area contributed by atoms with Gasteiger partial charge in [0.25, 0.3) is 0 Å². The number of carbonyl (C=O) groups is 1. The second-order valence-electron chi connectivity index (χ2n) is 8.46. The number of hydrogen-bond donors (Lipinski definition) is 0. The Morgan fingerprint density at radius 1 is 0.903 bits per heavy atom. The van der Waals surface area contributed by atoms with E-state index in [1.807, 2.05) is 36.2 Å². The molecule has 2 saturated heterocycles. The van der Waals surface area contributed by atoms with Crippen LogP contribution < -0.4 is 0 Å². The van der Waals surface area contributed by atoms with E-state index in [0.29, 0.717) is 0 Å². The number of nitrogens with zero attached hydrogens (tertiary/aromatic N) is 2. The summed E-state index contributed by atoms with van der Waals surface area (Å²) in [6.45, 7) is 3.00. The predicted molar refractivity (Wildman–Crippen MR) is 118 cm³/mol. The monoisotopic (exact) mass is 452 g/mol. The second kappa shape index (κ2) is 9.61. The molecule has 2 aromatic carbocycles. The number of carbonyl (C=O) groups excluding carboxylic acids is 1. The molecule has 0 unspecified atom stereocenters. The van der Waals surface area contributed by atoms with Crippen molar-refractivity contribution in [2.45, 2.75) is 37.9 Å². The fourth-order valence-corrected chi connectivity index (χ4v) is 4.69. The Bertz CT molecular complexity index is 877. The van der Waals surface area contributed by atoms with E-state index >= 15 is 0 Å². The first-order chi connectivity index (χ1) is 14.3. The summed E-state index contributed by atoms with van der Waals surface area (Å²) in [5.74, 6) is 0.241. The molecule has 7 heteroatoms. The highest BCUT2D eigenvalue weighted by atomic mass is 35.5. The summed E-state index contributed by atoms with van der Waals surface area (Å²) in [6, 6.07) is 13.1. The van der Waals surface area contributed by atoms with Gasteiger partial charge in [-0.3, -0.25) is 4.79 Å². The summed E-state index contributed by atoms with van der Waals surface area (Å²) in [4.78, 5) is 17.0. The smallest absolute Gasteiger partial charge is 0.338 e. The highest BCUT2D eigenvalue weighted by Gasteiger charge is 2.38. The van der Waals surface area contributed by atoms with E-state index in [0.717, 1.165) is 54.9 Å². The number of amides is 1. The third-order valence-corrected chi connectivity index (χ3v) is 6.44. The molecule has 0 radical (unpaired) electrons. The van der Waals surface area contributed by atoms with Crippen molar-refractivity contribution in [3.8, 4) is 11.1 Å². The van der Waals surface area contributed by atoms with Crippen molar-refractivity contribution in [2.24, 2.45) is 5.92 Å². The minimum Gasteiger partial charge on any atom is -0.338 e. The fraction of sp³-hybridized carbons (Fsp3) is 0.458. The normalized spacial score (nSPS) is 22.5. The van der Waals surface area contributed by atoms with Gasteiger partial charge in [-0.2, -0.15) is 13.2 Å². The zero-order chi connectivity index (χ0) is 21.3. The van der Waals surface area contributed by atoms with Gasteiger partial charge in [0.05, 0.1) is 17.5 Å². The second-order valence-corrected chi connectivity index (χ2v) is 8.46. The number of rotatable bonds is 4. The van der Waals surface area contributed by atoms with Gasteiger partial charge in [0.2, 0.25) is 5.91 Å². The third-order valence-electron chi connectivity index (χ3n) is 6.44. The van der Waals surface area contributed by atoms with Crippen LogP contribution in [-0.2, 0) is 11.0 Å². The van der Waals surface area contributed by atoms with E-state index < -0.39 is 11.7 Å². The van der Waals surface area contributed by atoms with Gasteiger partial charge >= 0.3 is 6.18 Å². The number of likely N-dealkylation sites (tertiary alicyclic amines) is 2. The molecule has 3 nitrogen and oxygen atoms in total. The Kier molecular flexibility index (Phi) is 7.32. The zero-order valence-electron chi connectivity index (χ0n) is 17.6. The van der Waals surface area contributed by atoms with Crippen molar-refractivity contribution in [3.05, 3.63) is 59.7 Å². The summed E-state index contributed by atoms with van der Waals surface area (Å²) in [5, 5.41) is 0. The number of benzene rings is 2. The van der Waals surface area contributed by atoms with Crippen LogP contribution in [0.25, 0.3) is 11.1 Å². The molecule has 0 aliphatic carbocycles. The maximum Gasteiger partial charge on any atom is 0.416 e. The number of halogens is 4. The summed E-state index contributed by atoms with van der Waals surface area (Å²) < 4.78 is 38.3. The quantitative estimate of drug-likeness (QED) is 0.585. The van der Waals surface area contributed by atoms with E-state index in [1.165, 1.54) is 31.4 Å². The molecule has 31 heavy (non-hydrogen) atoms. The summed E-state index contributed by atoms with van der Waals surface area (Å²) in [5.41, 5.74) is 2.04. The average molecular weight is 453 g/mol. The average Bonchev–Trinajstić information content (AvgIpc) is 3.03. The van der Waals surface area contributed by atoms with E-state index in [2.05, 4.69) is 4.90 Å². The van der Waals surface area contributed by atoms with Crippen LogP contribution in [0.5, 0.6) is 0 Å². The van der Waals surface area contributed by atoms with Crippen molar-refractivity contribution in [3.63, 3.8) is 0 Å². The molecule has 4 rings (SSSR count). The fourth-order valence-electron chi connectivity index (χ4n) is 4.69. The lowest BCUT2D eigenvalue weighted by atomic mass is 9.96. The number of hydrogen-bond acceptors (Lipinski definition) is 2. The maximum atomic E-state index is 12.8. The predicted octanol–water partition coefficient (Wildman–Crippen LogP) is 5.80. The Morgan fingerprint density at radius 3 is 2.00 bits per heavy atom. The zero-order valence-corrected chi connectivity index (χ0v) is 18.4. The summed E-state index contributed by atoms with van der Waals surface area (Å²) in [7, 11) is 1.87. The van der Waals surface area contributed by atoms with E-state index in [9.17, 15) is 18.0 Å². The van der Waals surface area contributed by atoms with Crippen molar-refractivity contribution in [1.82, 2.24) is 9.80 Å². The van der Waals surface area contributed by atoms with Crippen LogP contribution in [0.15, 0.2) is 48.5 Å². The molecular weight excluding hydrogens is 425 g/mol. The highest BCUT2D eigenvalue weighted by Crippen LogP contribution is 2.37. The first-order valence-electron chi connectivity index (χ1n) is 10.6. The lowest BCUT2D eigenvalue weighted by Crippen LogP contribution is -2.36. The van der Waals surface area contributed by atoms with Crippen molar-refractivity contribution >= 4 is 18.3 Å². The largest absolute Gasteiger partial charge is 0.416 e. The van der Waals surface area contributed by atoms with Crippen LogP contribution in [0.1, 0.15) is 42.9 Å². The van der Waals surface area contributed by atoms with Crippen LogP contribution in [0, 0.1) is 5.92 Å². The first-order valence-corrected chi connectivity index (χ1v) is 10.6. The van der Waals surface area contributed by atoms with Gasteiger partial charge in [-0.1, -0.05) is 42.8 Å². The van der Waals surface area contributed by atoms with Crippen molar-refractivity contribution in [1.29, 1.82) is 0 Å². The molecule has 2 aromatic rings. The third kappa shape index (κ3) is 5.24. The number of piperidine rings is 1. The summed E-state index contributed by atoms with van der Waals surface area (Å²) >= 11 is 0. The minimum absolute atomic E-state index is 0. The van der Waals surface area contributed by atoms with Crippen LogP contribution in [-0.4, -0.2) is 42.4 Å². The molecule has 0 saturated carbocycles. The first kappa shape index (κ1) is 23.6. The Labute approximate surface area is 187 Å². The summed E-state index contributed by atoms with van der Waals surface area (Å²) in [6.07, 6.45) is 0.193. The van der Waals surface area contributed by atoms with Crippen molar-refractivity contribution in [2.75, 3.05) is 26.7 Å².